The number of carbonyl (C=O) groups is 1. The van der Waals surface area contributed by atoms with Gasteiger partial charge in [-0.05, 0) is 37.1 Å². The third kappa shape index (κ3) is 3.15. The van der Waals surface area contributed by atoms with Crippen molar-refractivity contribution < 1.29 is 4.79 Å². The second-order valence-electron chi connectivity index (χ2n) is 2.95. The molecule has 0 aromatic heterocycles. The number of hydrogen-bond donors (Lipinski definition) is 0. The van der Waals surface area contributed by atoms with Crippen LogP contribution in [0.15, 0.2) is 28.7 Å². The largest absolute Gasteiger partial charge is 0.295 e. The Kier molecular flexibility index (Phi) is 3.43. The molecular weight excluding hydrogens is 228 g/mol. The summed E-state index contributed by atoms with van der Waals surface area (Å²) in [6, 6.07) is 5.98. The summed E-state index contributed by atoms with van der Waals surface area (Å²) in [6.45, 7) is 3.57. The molecule has 0 radical (unpaired) electrons. The Morgan fingerprint density at radius 2 is 2.15 bits per heavy atom. The number of aryl methyl sites for hydroxylation is 1. The van der Waals surface area contributed by atoms with E-state index in [9.17, 15) is 4.79 Å². The molecule has 0 spiro atoms. The van der Waals surface area contributed by atoms with Gasteiger partial charge in [0.1, 0.15) is 0 Å². The molecule has 0 amide bonds. The van der Waals surface area contributed by atoms with Crippen LogP contribution in [0.1, 0.15) is 18.1 Å². The third-order valence-corrected chi connectivity index (χ3v) is 2.58. The van der Waals surface area contributed by atoms with Crippen molar-refractivity contribution in [1.82, 2.24) is 0 Å². The highest BCUT2D eigenvalue weighted by Crippen LogP contribution is 2.17. The van der Waals surface area contributed by atoms with E-state index in [1.165, 1.54) is 5.56 Å². The van der Waals surface area contributed by atoms with Gasteiger partial charge in [-0.15, -0.1) is 0 Å². The second kappa shape index (κ2) is 4.38. The molecule has 0 saturated carbocycles. The standard InChI is InChI=1S/C11H11BrO/c1-8-7-10(4-3-9(2)13)5-6-11(8)12/h3-7H,1-2H3/b4-3+. The van der Waals surface area contributed by atoms with Crippen LogP contribution < -0.4 is 0 Å². The molecule has 0 heterocycles. The lowest BCUT2D eigenvalue weighted by Crippen LogP contribution is -1.81. The Morgan fingerprint density at radius 3 is 2.69 bits per heavy atom. The fraction of sp³-hybridized carbons (Fsp3) is 0.182. The van der Waals surface area contributed by atoms with E-state index in [1.54, 1.807) is 13.0 Å². The molecule has 0 unspecified atom stereocenters. The topological polar surface area (TPSA) is 17.1 Å². The molecule has 0 aliphatic rings. The maximum absolute atomic E-state index is 10.7. The van der Waals surface area contributed by atoms with Crippen LogP contribution in [0.5, 0.6) is 0 Å². The Labute approximate surface area is 86.6 Å². The third-order valence-electron chi connectivity index (χ3n) is 1.69. The summed E-state index contributed by atoms with van der Waals surface area (Å²) >= 11 is 3.42. The van der Waals surface area contributed by atoms with Crippen molar-refractivity contribution in [3.63, 3.8) is 0 Å². The Hall–Kier alpha value is -0.890. The predicted octanol–water partition coefficient (Wildman–Crippen LogP) is 3.36. The predicted molar refractivity (Wildman–Crippen MR) is 58.6 cm³/mol. The van der Waals surface area contributed by atoms with Crippen LogP contribution in [-0.2, 0) is 4.79 Å². The highest BCUT2D eigenvalue weighted by atomic mass is 79.9. The van der Waals surface area contributed by atoms with Gasteiger partial charge in [0.25, 0.3) is 0 Å². The minimum atomic E-state index is 0.0700. The molecule has 1 aromatic carbocycles. The normalized spacial score (nSPS) is 10.7. The number of carbonyl (C=O) groups excluding carboxylic acids is 1. The Balaban J connectivity index is 2.92. The molecule has 68 valence electrons. The minimum absolute atomic E-state index is 0.0700. The SMILES string of the molecule is CC(=O)/C=C/c1ccc(Br)c(C)c1. The van der Waals surface area contributed by atoms with Crippen LogP contribution in [0, 0.1) is 6.92 Å². The smallest absolute Gasteiger partial charge is 0.152 e. The van der Waals surface area contributed by atoms with E-state index in [2.05, 4.69) is 15.9 Å². The summed E-state index contributed by atoms with van der Waals surface area (Å²) in [7, 11) is 0. The molecule has 1 rings (SSSR count). The summed E-state index contributed by atoms with van der Waals surface area (Å²) in [4.78, 5) is 10.7. The lowest BCUT2D eigenvalue weighted by molar-refractivity contribution is -0.112. The average molecular weight is 239 g/mol. The lowest BCUT2D eigenvalue weighted by atomic mass is 10.1. The maximum Gasteiger partial charge on any atom is 0.152 e. The van der Waals surface area contributed by atoms with Gasteiger partial charge in [-0.25, -0.2) is 0 Å². The monoisotopic (exact) mass is 238 g/mol. The first-order chi connectivity index (χ1) is 6.09. The van der Waals surface area contributed by atoms with Crippen LogP contribution in [0.4, 0.5) is 0 Å². The molecule has 0 atom stereocenters. The van der Waals surface area contributed by atoms with Crippen molar-refractivity contribution in [3.8, 4) is 0 Å². The van der Waals surface area contributed by atoms with Crippen LogP contribution in [0.2, 0.25) is 0 Å². The molecule has 1 aromatic rings. The zero-order chi connectivity index (χ0) is 9.84. The second-order valence-corrected chi connectivity index (χ2v) is 3.81. The highest BCUT2D eigenvalue weighted by Gasteiger charge is 1.94. The molecular formula is C11H11BrO. The van der Waals surface area contributed by atoms with Gasteiger partial charge in [-0.2, -0.15) is 0 Å². The molecule has 0 aliphatic heterocycles. The molecule has 1 nitrogen and oxygen atoms in total. The molecule has 0 fully saturated rings. The lowest BCUT2D eigenvalue weighted by Gasteiger charge is -1.98. The van der Waals surface area contributed by atoms with Crippen molar-refractivity contribution >= 4 is 27.8 Å². The molecule has 0 bridgehead atoms. The summed E-state index contributed by atoms with van der Waals surface area (Å²) in [6.07, 6.45) is 3.39. The molecule has 0 saturated heterocycles. The van der Waals surface area contributed by atoms with Crippen LogP contribution in [0.25, 0.3) is 6.08 Å². The van der Waals surface area contributed by atoms with Gasteiger partial charge in [0, 0.05) is 4.47 Å². The van der Waals surface area contributed by atoms with E-state index in [-0.39, 0.29) is 5.78 Å². The molecule has 2 heteroatoms. The first-order valence-corrected chi connectivity index (χ1v) is 4.83. The highest BCUT2D eigenvalue weighted by molar-refractivity contribution is 9.10. The first-order valence-electron chi connectivity index (χ1n) is 4.04. The number of rotatable bonds is 2. The summed E-state index contributed by atoms with van der Waals surface area (Å²) < 4.78 is 1.09. The molecule has 13 heavy (non-hydrogen) atoms. The van der Waals surface area contributed by atoms with Crippen LogP contribution in [0.3, 0.4) is 0 Å². The molecule has 0 aliphatic carbocycles. The van der Waals surface area contributed by atoms with E-state index in [4.69, 9.17) is 0 Å². The van der Waals surface area contributed by atoms with Crippen molar-refractivity contribution in [2.45, 2.75) is 13.8 Å². The van der Waals surface area contributed by atoms with Crippen LogP contribution in [-0.4, -0.2) is 5.78 Å². The van der Waals surface area contributed by atoms with Gasteiger partial charge in [0.2, 0.25) is 0 Å². The average Bonchev–Trinajstić information content (AvgIpc) is 2.07. The number of ketones is 1. The van der Waals surface area contributed by atoms with Gasteiger partial charge in [-0.3, -0.25) is 4.79 Å². The van der Waals surface area contributed by atoms with Crippen molar-refractivity contribution in [3.05, 3.63) is 39.9 Å². The Bertz CT molecular complexity index is 353. The maximum atomic E-state index is 10.7. The fourth-order valence-electron chi connectivity index (χ4n) is 0.985. The zero-order valence-electron chi connectivity index (χ0n) is 7.67. The van der Waals surface area contributed by atoms with Crippen molar-refractivity contribution in [1.29, 1.82) is 0 Å². The number of hydrogen-bond acceptors (Lipinski definition) is 1. The van der Waals surface area contributed by atoms with Gasteiger partial charge >= 0.3 is 0 Å². The quantitative estimate of drug-likeness (QED) is 0.723. The van der Waals surface area contributed by atoms with Crippen molar-refractivity contribution in [2.75, 3.05) is 0 Å². The fourth-order valence-corrected chi connectivity index (χ4v) is 1.23. The number of halogens is 1. The van der Waals surface area contributed by atoms with E-state index in [0.717, 1.165) is 10.0 Å². The summed E-state index contributed by atoms with van der Waals surface area (Å²) in [5, 5.41) is 0. The van der Waals surface area contributed by atoms with Crippen molar-refractivity contribution in [2.24, 2.45) is 0 Å². The van der Waals surface area contributed by atoms with Gasteiger partial charge in [-0.1, -0.05) is 34.1 Å². The number of benzene rings is 1. The van der Waals surface area contributed by atoms with E-state index in [1.807, 2.05) is 31.2 Å². The van der Waals surface area contributed by atoms with Gasteiger partial charge in [0.05, 0.1) is 0 Å². The van der Waals surface area contributed by atoms with Gasteiger partial charge < -0.3 is 0 Å². The first kappa shape index (κ1) is 10.2. The van der Waals surface area contributed by atoms with Crippen LogP contribution >= 0.6 is 15.9 Å². The zero-order valence-corrected chi connectivity index (χ0v) is 9.26. The number of allylic oxidation sites excluding steroid dienone is 1. The minimum Gasteiger partial charge on any atom is -0.295 e. The van der Waals surface area contributed by atoms with E-state index >= 15 is 0 Å². The summed E-state index contributed by atoms with van der Waals surface area (Å²) in [5.41, 5.74) is 2.22. The van der Waals surface area contributed by atoms with E-state index < -0.39 is 0 Å². The summed E-state index contributed by atoms with van der Waals surface area (Å²) in [5.74, 6) is 0.0700. The Morgan fingerprint density at radius 1 is 1.46 bits per heavy atom. The van der Waals surface area contributed by atoms with E-state index in [0.29, 0.717) is 0 Å². The van der Waals surface area contributed by atoms with Gasteiger partial charge in [0.15, 0.2) is 5.78 Å². The molecule has 0 N–H and O–H groups in total.